The molecule has 2 aromatic rings. The molecule has 1 aromatic carbocycles. The van der Waals surface area contributed by atoms with E-state index in [-0.39, 0.29) is 17.7 Å². The first-order valence-corrected chi connectivity index (χ1v) is 8.56. The van der Waals surface area contributed by atoms with E-state index in [1.807, 2.05) is 38.1 Å². The van der Waals surface area contributed by atoms with Crippen LogP contribution in [0.4, 0.5) is 0 Å². The van der Waals surface area contributed by atoms with Gasteiger partial charge in [-0.25, -0.2) is 4.68 Å². The van der Waals surface area contributed by atoms with Gasteiger partial charge in [0, 0.05) is 11.6 Å². The highest BCUT2D eigenvalue weighted by atomic mass is 32.2. The van der Waals surface area contributed by atoms with Gasteiger partial charge in [-0.2, -0.15) is 0 Å². The molecule has 0 bridgehead atoms. The van der Waals surface area contributed by atoms with Crippen molar-refractivity contribution in [3.63, 3.8) is 0 Å². The summed E-state index contributed by atoms with van der Waals surface area (Å²) in [6, 6.07) is 8.04. The van der Waals surface area contributed by atoms with Gasteiger partial charge in [0.1, 0.15) is 0 Å². The van der Waals surface area contributed by atoms with Crippen LogP contribution in [-0.2, 0) is 4.79 Å². The Bertz CT molecular complexity index is 666. The summed E-state index contributed by atoms with van der Waals surface area (Å²) < 4.78 is 1.43. The van der Waals surface area contributed by atoms with Gasteiger partial charge in [0.05, 0.1) is 5.75 Å². The molecule has 1 amide bonds. The van der Waals surface area contributed by atoms with Crippen LogP contribution in [-0.4, -0.2) is 32.6 Å². The van der Waals surface area contributed by atoms with E-state index < -0.39 is 0 Å². The molecule has 1 heterocycles. The quantitative estimate of drug-likeness (QED) is 0.625. The first-order chi connectivity index (χ1) is 10.9. The molecule has 1 aromatic heterocycles. The first-order valence-electron chi connectivity index (χ1n) is 7.58. The van der Waals surface area contributed by atoms with Crippen molar-refractivity contribution in [2.24, 2.45) is 5.92 Å². The Hall–Kier alpha value is -2.02. The highest BCUT2D eigenvalue weighted by molar-refractivity contribution is 7.99. The molecule has 0 saturated carbocycles. The summed E-state index contributed by atoms with van der Waals surface area (Å²) in [5.74, 6) is 7.27. The second-order valence-corrected chi connectivity index (χ2v) is 6.87. The Morgan fingerprint density at radius 1 is 1.26 bits per heavy atom. The summed E-state index contributed by atoms with van der Waals surface area (Å²) in [5, 5.41) is 11.7. The normalized spacial score (nSPS) is 12.4. The van der Waals surface area contributed by atoms with E-state index in [9.17, 15) is 4.79 Å². The molecule has 0 unspecified atom stereocenters. The fraction of sp³-hybridized carbons (Fsp3) is 0.438. The number of carbonyl (C=O) groups is 1. The Morgan fingerprint density at radius 3 is 2.52 bits per heavy atom. The van der Waals surface area contributed by atoms with E-state index >= 15 is 0 Å². The van der Waals surface area contributed by atoms with Crippen LogP contribution in [0.5, 0.6) is 0 Å². The zero-order valence-corrected chi connectivity index (χ0v) is 14.7. The summed E-state index contributed by atoms with van der Waals surface area (Å²) >= 11 is 1.28. The van der Waals surface area contributed by atoms with Crippen molar-refractivity contribution >= 4 is 17.7 Å². The molecule has 3 N–H and O–H groups in total. The molecule has 0 fully saturated rings. The van der Waals surface area contributed by atoms with Crippen LogP contribution >= 0.6 is 11.8 Å². The minimum Gasteiger partial charge on any atom is -0.353 e. The van der Waals surface area contributed by atoms with Gasteiger partial charge >= 0.3 is 0 Å². The van der Waals surface area contributed by atoms with Crippen LogP contribution in [0.15, 0.2) is 29.4 Å². The lowest BCUT2D eigenvalue weighted by molar-refractivity contribution is -0.119. The number of amides is 1. The maximum absolute atomic E-state index is 11.9. The van der Waals surface area contributed by atoms with Crippen molar-refractivity contribution in [1.29, 1.82) is 0 Å². The molecule has 0 spiro atoms. The maximum atomic E-state index is 11.9. The van der Waals surface area contributed by atoms with E-state index in [0.29, 0.717) is 16.9 Å². The molecule has 2 rings (SSSR count). The van der Waals surface area contributed by atoms with Gasteiger partial charge in [0.15, 0.2) is 5.82 Å². The number of carbonyl (C=O) groups excluding carboxylic acids is 1. The van der Waals surface area contributed by atoms with Gasteiger partial charge in [-0.3, -0.25) is 4.79 Å². The van der Waals surface area contributed by atoms with Gasteiger partial charge in [0.2, 0.25) is 11.1 Å². The predicted molar refractivity (Wildman–Crippen MR) is 93.5 cm³/mol. The second kappa shape index (κ2) is 7.50. The molecular formula is C16H23N5OS. The first kappa shape index (κ1) is 17.3. The number of thioether (sulfide) groups is 1. The minimum absolute atomic E-state index is 0.0314. The topological polar surface area (TPSA) is 85.8 Å². The highest BCUT2D eigenvalue weighted by Gasteiger charge is 2.15. The monoisotopic (exact) mass is 333 g/mol. The van der Waals surface area contributed by atoms with E-state index in [2.05, 4.69) is 29.4 Å². The zero-order valence-electron chi connectivity index (χ0n) is 13.9. The number of aryl methyl sites for hydroxylation is 1. The van der Waals surface area contributed by atoms with Crippen molar-refractivity contribution in [1.82, 2.24) is 20.2 Å². The van der Waals surface area contributed by atoms with E-state index in [1.54, 1.807) is 0 Å². The maximum Gasteiger partial charge on any atom is 0.230 e. The van der Waals surface area contributed by atoms with E-state index in [0.717, 1.165) is 5.56 Å². The average molecular weight is 333 g/mol. The Morgan fingerprint density at radius 2 is 1.91 bits per heavy atom. The fourth-order valence-electron chi connectivity index (χ4n) is 1.87. The third-order valence-electron chi connectivity index (χ3n) is 3.70. The van der Waals surface area contributed by atoms with Crippen LogP contribution in [0.3, 0.4) is 0 Å². The molecule has 7 heteroatoms. The van der Waals surface area contributed by atoms with E-state index in [1.165, 1.54) is 22.0 Å². The highest BCUT2D eigenvalue weighted by Crippen LogP contribution is 2.21. The predicted octanol–water partition coefficient (Wildman–Crippen LogP) is 2.22. The summed E-state index contributed by atoms with van der Waals surface area (Å²) in [6.45, 7) is 8.16. The SMILES string of the molecule is Cc1ccc(-c2nnc(SCC(=O)N[C@H](C)C(C)C)n2N)cc1. The number of hydrogen-bond donors (Lipinski definition) is 2. The number of aromatic nitrogens is 3. The van der Waals surface area contributed by atoms with Gasteiger partial charge in [-0.05, 0) is 19.8 Å². The number of nitrogens with two attached hydrogens (primary N) is 1. The number of nitrogens with zero attached hydrogens (tertiary/aromatic N) is 3. The molecule has 0 radical (unpaired) electrons. The minimum atomic E-state index is -0.0314. The number of benzene rings is 1. The fourth-order valence-corrected chi connectivity index (χ4v) is 2.53. The van der Waals surface area contributed by atoms with Gasteiger partial charge in [-0.1, -0.05) is 55.4 Å². The lowest BCUT2D eigenvalue weighted by Gasteiger charge is -2.16. The van der Waals surface area contributed by atoms with Crippen LogP contribution < -0.4 is 11.2 Å². The van der Waals surface area contributed by atoms with Gasteiger partial charge in [0.25, 0.3) is 0 Å². The molecule has 124 valence electrons. The molecule has 23 heavy (non-hydrogen) atoms. The Kier molecular flexibility index (Phi) is 5.65. The van der Waals surface area contributed by atoms with Crippen LogP contribution in [0.2, 0.25) is 0 Å². The number of hydrogen-bond acceptors (Lipinski definition) is 5. The molecule has 1 atom stereocenters. The largest absolute Gasteiger partial charge is 0.353 e. The van der Waals surface area contributed by atoms with Crippen molar-refractivity contribution in [2.75, 3.05) is 11.6 Å². The summed E-state index contributed by atoms with van der Waals surface area (Å²) in [6.07, 6.45) is 0. The third-order valence-corrected chi connectivity index (χ3v) is 4.64. The molecule has 0 aliphatic rings. The summed E-state index contributed by atoms with van der Waals surface area (Å²) in [5.41, 5.74) is 2.07. The van der Waals surface area contributed by atoms with Crippen molar-refractivity contribution in [2.45, 2.75) is 38.9 Å². The van der Waals surface area contributed by atoms with Crippen LogP contribution in [0, 0.1) is 12.8 Å². The Labute approximate surface area is 140 Å². The number of rotatable bonds is 6. The number of nitrogen functional groups attached to an aromatic ring is 1. The molecule has 0 saturated heterocycles. The molecular weight excluding hydrogens is 310 g/mol. The van der Waals surface area contributed by atoms with Crippen molar-refractivity contribution < 1.29 is 4.79 Å². The van der Waals surface area contributed by atoms with E-state index in [4.69, 9.17) is 5.84 Å². The molecule has 6 nitrogen and oxygen atoms in total. The lowest BCUT2D eigenvalue weighted by Crippen LogP contribution is -2.37. The summed E-state index contributed by atoms with van der Waals surface area (Å²) in [7, 11) is 0. The molecule has 0 aliphatic carbocycles. The van der Waals surface area contributed by atoms with Crippen LogP contribution in [0.25, 0.3) is 11.4 Å². The third kappa shape index (κ3) is 4.48. The summed E-state index contributed by atoms with van der Waals surface area (Å²) in [4.78, 5) is 11.9. The average Bonchev–Trinajstić information content (AvgIpc) is 2.87. The van der Waals surface area contributed by atoms with Crippen molar-refractivity contribution in [3.05, 3.63) is 29.8 Å². The van der Waals surface area contributed by atoms with Crippen LogP contribution in [0.1, 0.15) is 26.3 Å². The standard InChI is InChI=1S/C16H23N5OS/c1-10(2)12(4)18-14(22)9-23-16-20-19-15(21(16)17)13-7-5-11(3)6-8-13/h5-8,10,12H,9,17H2,1-4H3,(H,18,22)/t12-/m1/s1. The smallest absolute Gasteiger partial charge is 0.230 e. The number of nitrogens with one attached hydrogen (secondary N) is 1. The Balaban J connectivity index is 2.00. The lowest BCUT2D eigenvalue weighted by atomic mass is 10.1. The zero-order chi connectivity index (χ0) is 17.0. The van der Waals surface area contributed by atoms with Crippen molar-refractivity contribution in [3.8, 4) is 11.4 Å². The molecule has 0 aliphatic heterocycles. The van der Waals surface area contributed by atoms with Gasteiger partial charge in [-0.15, -0.1) is 10.2 Å². The second-order valence-electron chi connectivity index (χ2n) is 5.93. The van der Waals surface area contributed by atoms with Gasteiger partial charge < -0.3 is 11.2 Å².